The van der Waals surface area contributed by atoms with Crippen molar-refractivity contribution >= 4 is 23.2 Å². The molecule has 142 valence electrons. The minimum Gasteiger partial charge on any atom is -0.354 e. The normalized spacial score (nSPS) is 13.7. The van der Waals surface area contributed by atoms with Crippen LogP contribution in [0.25, 0.3) is 11.1 Å². The summed E-state index contributed by atoms with van der Waals surface area (Å²) in [6, 6.07) is 8.03. The van der Waals surface area contributed by atoms with Crippen molar-refractivity contribution in [1.82, 2.24) is 0 Å². The summed E-state index contributed by atoms with van der Waals surface area (Å²) in [5.41, 5.74) is 5.91. The maximum absolute atomic E-state index is 6.56. The van der Waals surface area contributed by atoms with E-state index in [0.29, 0.717) is 16.7 Å². The standard InChI is InChI=1S/C24H26Cl2O/c1-5-7-8-9-11-27-24(10-6-2)20-14-18(25)12-16(3)22(20)23-17(4)13-19(26)15-21(23)24/h12-15H,5,7-9,11H2,1-4H3. The highest BCUT2D eigenvalue weighted by molar-refractivity contribution is 6.31. The van der Waals surface area contributed by atoms with Crippen molar-refractivity contribution in [3.63, 3.8) is 0 Å². The van der Waals surface area contributed by atoms with Crippen LogP contribution in [0, 0.1) is 25.7 Å². The molecule has 3 rings (SSSR count). The maximum Gasteiger partial charge on any atom is 0.180 e. The van der Waals surface area contributed by atoms with E-state index >= 15 is 0 Å². The average Bonchev–Trinajstić information content (AvgIpc) is 2.86. The third-order valence-corrected chi connectivity index (χ3v) is 5.66. The van der Waals surface area contributed by atoms with Gasteiger partial charge in [-0.05, 0) is 73.7 Å². The largest absolute Gasteiger partial charge is 0.354 e. The molecular weight excluding hydrogens is 375 g/mol. The van der Waals surface area contributed by atoms with Crippen LogP contribution in [0.15, 0.2) is 24.3 Å². The zero-order valence-electron chi connectivity index (χ0n) is 16.5. The second-order valence-electron chi connectivity index (χ2n) is 7.26. The first-order chi connectivity index (χ1) is 12.9. The van der Waals surface area contributed by atoms with Crippen LogP contribution in [0.5, 0.6) is 0 Å². The third-order valence-electron chi connectivity index (χ3n) is 5.23. The summed E-state index contributed by atoms with van der Waals surface area (Å²) in [5.74, 6) is 6.48. The smallest absolute Gasteiger partial charge is 0.180 e. The third kappa shape index (κ3) is 3.64. The van der Waals surface area contributed by atoms with Gasteiger partial charge >= 0.3 is 0 Å². The molecule has 0 amide bonds. The number of rotatable bonds is 6. The number of halogens is 2. The van der Waals surface area contributed by atoms with Crippen LogP contribution in [-0.4, -0.2) is 6.61 Å². The lowest BCUT2D eigenvalue weighted by Gasteiger charge is -2.27. The fraction of sp³-hybridized carbons (Fsp3) is 0.417. The van der Waals surface area contributed by atoms with Crippen LogP contribution in [-0.2, 0) is 10.3 Å². The molecule has 0 aliphatic heterocycles. The lowest BCUT2D eigenvalue weighted by molar-refractivity contribution is 0.0271. The Bertz CT molecular complexity index is 861. The van der Waals surface area contributed by atoms with Gasteiger partial charge in [-0.1, -0.05) is 55.3 Å². The minimum atomic E-state index is -0.809. The first kappa shape index (κ1) is 20.3. The highest BCUT2D eigenvalue weighted by Crippen LogP contribution is 2.53. The van der Waals surface area contributed by atoms with E-state index in [-0.39, 0.29) is 0 Å². The van der Waals surface area contributed by atoms with Crippen LogP contribution in [0.4, 0.5) is 0 Å². The SMILES string of the molecule is CC#CC1(OCCCCCC)c2cc(Cl)cc(C)c2-c2c(C)cc(Cl)cc21. The summed E-state index contributed by atoms with van der Waals surface area (Å²) in [6.45, 7) is 8.92. The number of ether oxygens (including phenoxy) is 1. The van der Waals surface area contributed by atoms with Gasteiger partial charge in [0.05, 0.1) is 0 Å². The second-order valence-corrected chi connectivity index (χ2v) is 8.13. The molecule has 2 aromatic carbocycles. The summed E-state index contributed by atoms with van der Waals surface area (Å²) >= 11 is 12.9. The Morgan fingerprint density at radius 2 is 1.44 bits per heavy atom. The van der Waals surface area contributed by atoms with Crippen molar-refractivity contribution in [2.45, 2.75) is 59.0 Å². The number of aryl methyl sites for hydroxylation is 2. The summed E-state index contributed by atoms with van der Waals surface area (Å²) < 4.78 is 6.56. The quantitative estimate of drug-likeness (QED) is 0.361. The molecule has 0 saturated heterocycles. The van der Waals surface area contributed by atoms with Crippen molar-refractivity contribution in [2.75, 3.05) is 6.61 Å². The Morgan fingerprint density at radius 1 is 0.889 bits per heavy atom. The topological polar surface area (TPSA) is 9.23 Å². The van der Waals surface area contributed by atoms with Gasteiger partial charge in [0, 0.05) is 27.8 Å². The predicted octanol–water partition coefficient (Wildman–Crippen LogP) is 7.45. The van der Waals surface area contributed by atoms with Crippen molar-refractivity contribution in [3.05, 3.63) is 56.6 Å². The highest BCUT2D eigenvalue weighted by Gasteiger charge is 2.45. The monoisotopic (exact) mass is 400 g/mol. The molecule has 27 heavy (non-hydrogen) atoms. The van der Waals surface area contributed by atoms with E-state index < -0.39 is 5.60 Å². The van der Waals surface area contributed by atoms with Gasteiger partial charge in [-0.25, -0.2) is 0 Å². The van der Waals surface area contributed by atoms with E-state index in [0.717, 1.165) is 35.1 Å². The van der Waals surface area contributed by atoms with Crippen LogP contribution < -0.4 is 0 Å². The maximum atomic E-state index is 6.56. The minimum absolute atomic E-state index is 0.657. The molecular formula is C24H26Cl2O. The number of hydrogen-bond donors (Lipinski definition) is 0. The van der Waals surface area contributed by atoms with Gasteiger partial charge in [-0.15, -0.1) is 5.92 Å². The van der Waals surface area contributed by atoms with Crippen molar-refractivity contribution in [2.24, 2.45) is 0 Å². The van der Waals surface area contributed by atoms with E-state index in [1.54, 1.807) is 0 Å². The molecule has 0 heterocycles. The fourth-order valence-corrected chi connectivity index (χ4v) is 4.65. The molecule has 0 spiro atoms. The van der Waals surface area contributed by atoms with Gasteiger partial charge in [0.1, 0.15) is 0 Å². The zero-order valence-corrected chi connectivity index (χ0v) is 18.0. The molecule has 0 atom stereocenters. The molecule has 0 aromatic heterocycles. The van der Waals surface area contributed by atoms with Gasteiger partial charge in [0.25, 0.3) is 0 Å². The fourth-order valence-electron chi connectivity index (χ4n) is 4.11. The molecule has 0 fully saturated rings. The number of benzene rings is 2. The molecule has 0 radical (unpaired) electrons. The number of unbranched alkanes of at least 4 members (excludes halogenated alkanes) is 3. The highest BCUT2D eigenvalue weighted by atomic mass is 35.5. The molecule has 0 bridgehead atoms. The van der Waals surface area contributed by atoms with Crippen molar-refractivity contribution in [1.29, 1.82) is 0 Å². The number of hydrogen-bond acceptors (Lipinski definition) is 1. The lowest BCUT2D eigenvalue weighted by atomic mass is 9.90. The molecule has 0 N–H and O–H groups in total. The zero-order chi connectivity index (χ0) is 19.6. The Morgan fingerprint density at radius 3 is 1.93 bits per heavy atom. The Balaban J connectivity index is 2.19. The molecule has 0 saturated carbocycles. The summed E-state index contributed by atoms with van der Waals surface area (Å²) in [5, 5.41) is 1.42. The molecule has 0 unspecified atom stereocenters. The molecule has 1 aliphatic rings. The summed E-state index contributed by atoms with van der Waals surface area (Å²) in [7, 11) is 0. The second kappa shape index (κ2) is 8.27. The molecule has 1 nitrogen and oxygen atoms in total. The van der Waals surface area contributed by atoms with Gasteiger partial charge in [-0.3, -0.25) is 0 Å². The predicted molar refractivity (Wildman–Crippen MR) is 116 cm³/mol. The summed E-state index contributed by atoms with van der Waals surface area (Å²) in [6.07, 6.45) is 4.60. The van der Waals surface area contributed by atoms with Gasteiger partial charge < -0.3 is 4.74 Å². The van der Waals surface area contributed by atoms with Crippen LogP contribution in [0.1, 0.15) is 61.8 Å². The van der Waals surface area contributed by atoms with Crippen molar-refractivity contribution in [3.8, 4) is 23.0 Å². The van der Waals surface area contributed by atoms with Crippen LogP contribution in [0.2, 0.25) is 10.0 Å². The van der Waals surface area contributed by atoms with Crippen molar-refractivity contribution < 1.29 is 4.74 Å². The van der Waals surface area contributed by atoms with E-state index in [4.69, 9.17) is 27.9 Å². The van der Waals surface area contributed by atoms with E-state index in [9.17, 15) is 0 Å². The first-order valence-corrected chi connectivity index (χ1v) is 10.4. The first-order valence-electron chi connectivity index (χ1n) is 9.64. The van der Waals surface area contributed by atoms with Crippen LogP contribution >= 0.6 is 23.2 Å². The molecule has 3 heteroatoms. The average molecular weight is 401 g/mol. The van der Waals surface area contributed by atoms with E-state index in [1.807, 2.05) is 31.2 Å². The Labute approximate surface area is 173 Å². The van der Waals surface area contributed by atoms with Gasteiger partial charge in [0.2, 0.25) is 0 Å². The molecule has 2 aromatic rings. The summed E-state index contributed by atoms with van der Waals surface area (Å²) in [4.78, 5) is 0. The Kier molecular flexibility index (Phi) is 6.21. The van der Waals surface area contributed by atoms with E-state index in [1.165, 1.54) is 24.0 Å². The van der Waals surface area contributed by atoms with E-state index in [2.05, 4.69) is 32.6 Å². The van der Waals surface area contributed by atoms with Gasteiger partial charge in [-0.2, -0.15) is 0 Å². The number of fused-ring (bicyclic) bond motifs is 3. The molecule has 1 aliphatic carbocycles. The Hall–Kier alpha value is -1.46. The van der Waals surface area contributed by atoms with Gasteiger partial charge in [0.15, 0.2) is 5.60 Å². The lowest BCUT2D eigenvalue weighted by Crippen LogP contribution is -2.28. The van der Waals surface area contributed by atoms with Crippen LogP contribution in [0.3, 0.4) is 0 Å².